The second-order valence-electron chi connectivity index (χ2n) is 9.43. The molecule has 0 bridgehead atoms. The Kier molecular flexibility index (Phi) is 8.72. The minimum Gasteiger partial charge on any atom is -0.452 e. The van der Waals surface area contributed by atoms with E-state index in [-0.39, 0.29) is 24.0 Å². The zero-order valence-corrected chi connectivity index (χ0v) is 20.8. The molecule has 1 N–H and O–H groups in total. The first-order valence-corrected chi connectivity index (χ1v) is 12.6. The van der Waals surface area contributed by atoms with Gasteiger partial charge >= 0.3 is 11.9 Å². The summed E-state index contributed by atoms with van der Waals surface area (Å²) in [6.45, 7) is 4.84. The molecule has 2 aromatic rings. The number of amides is 1. The van der Waals surface area contributed by atoms with Crippen LogP contribution in [0, 0.1) is 0 Å². The Labute approximate surface area is 211 Å². The van der Waals surface area contributed by atoms with Crippen molar-refractivity contribution in [1.29, 1.82) is 0 Å². The Morgan fingerprint density at radius 1 is 0.917 bits per heavy atom. The van der Waals surface area contributed by atoms with E-state index in [1.807, 2.05) is 24.3 Å². The molecule has 1 aliphatic carbocycles. The normalized spacial score (nSPS) is 17.7. The Bertz CT molecular complexity index is 1040. The number of carbonyl (C=O) groups is 3. The van der Waals surface area contributed by atoms with Gasteiger partial charge in [-0.25, -0.2) is 4.79 Å². The van der Waals surface area contributed by atoms with Crippen molar-refractivity contribution in [3.05, 3.63) is 54.1 Å². The van der Waals surface area contributed by atoms with E-state index in [1.54, 1.807) is 24.3 Å². The van der Waals surface area contributed by atoms with Crippen molar-refractivity contribution in [1.82, 2.24) is 10.2 Å². The van der Waals surface area contributed by atoms with Gasteiger partial charge in [-0.1, -0.05) is 43.5 Å². The van der Waals surface area contributed by atoms with Gasteiger partial charge in [0.15, 0.2) is 6.61 Å². The molecule has 0 spiro atoms. The van der Waals surface area contributed by atoms with E-state index < -0.39 is 5.97 Å². The van der Waals surface area contributed by atoms with Crippen LogP contribution in [0.4, 0.5) is 0 Å². The summed E-state index contributed by atoms with van der Waals surface area (Å²) < 4.78 is 15.8. The zero-order chi connectivity index (χ0) is 25.4. The highest BCUT2D eigenvalue weighted by Crippen LogP contribution is 2.34. The van der Waals surface area contributed by atoms with E-state index in [0.29, 0.717) is 17.9 Å². The summed E-state index contributed by atoms with van der Waals surface area (Å²) in [6, 6.07) is 14.1. The molecule has 1 aliphatic heterocycles. The topological polar surface area (TPSA) is 94.2 Å². The quantitative estimate of drug-likeness (QED) is 0.443. The van der Waals surface area contributed by atoms with Gasteiger partial charge in [0.25, 0.3) is 5.91 Å². The number of carbonyl (C=O) groups excluding carboxylic acids is 3. The summed E-state index contributed by atoms with van der Waals surface area (Å²) in [4.78, 5) is 38.5. The number of hydrogen-bond acceptors (Lipinski definition) is 7. The molecule has 0 unspecified atom stereocenters. The van der Waals surface area contributed by atoms with Crippen LogP contribution in [0.5, 0.6) is 5.75 Å². The van der Waals surface area contributed by atoms with Crippen molar-refractivity contribution in [2.24, 2.45) is 0 Å². The second kappa shape index (κ2) is 12.1. The predicted octanol–water partition coefficient (Wildman–Crippen LogP) is 3.59. The molecule has 2 aromatic carbocycles. The average molecular weight is 495 g/mol. The standard InChI is InChI=1S/C28H34N2O6/c1-21(31)36-25-11-9-23(10-12-25)22-5-7-24(8-6-22)27(33)35-19-26(32)29-20-28(13-3-2-4-14-28)30-15-17-34-18-16-30/h5-12H,2-4,13-20H2,1H3,(H,29,32). The SMILES string of the molecule is CC(=O)Oc1ccc(-c2ccc(C(=O)OCC(=O)NCC3(N4CCOCC4)CCCCC3)cc2)cc1. The maximum absolute atomic E-state index is 12.5. The van der Waals surface area contributed by atoms with Crippen molar-refractivity contribution in [2.45, 2.75) is 44.6 Å². The predicted molar refractivity (Wildman–Crippen MR) is 135 cm³/mol. The van der Waals surface area contributed by atoms with Crippen molar-refractivity contribution in [3.63, 3.8) is 0 Å². The Morgan fingerprint density at radius 2 is 1.53 bits per heavy atom. The van der Waals surface area contributed by atoms with Crippen LogP contribution < -0.4 is 10.1 Å². The number of nitrogens with one attached hydrogen (secondary N) is 1. The summed E-state index contributed by atoms with van der Waals surface area (Å²) in [7, 11) is 0. The summed E-state index contributed by atoms with van der Waals surface area (Å²) in [5.41, 5.74) is 2.16. The van der Waals surface area contributed by atoms with Gasteiger partial charge in [0, 0.05) is 32.1 Å². The Balaban J connectivity index is 1.27. The first-order valence-electron chi connectivity index (χ1n) is 12.6. The van der Waals surface area contributed by atoms with Crippen molar-refractivity contribution in [2.75, 3.05) is 39.5 Å². The molecule has 0 radical (unpaired) electrons. The number of benzene rings is 2. The number of nitrogens with zero attached hydrogens (tertiary/aromatic N) is 1. The largest absolute Gasteiger partial charge is 0.452 e. The minimum atomic E-state index is -0.539. The van der Waals surface area contributed by atoms with Gasteiger partial charge in [-0.2, -0.15) is 0 Å². The third-order valence-electron chi connectivity index (χ3n) is 6.98. The summed E-state index contributed by atoms with van der Waals surface area (Å²) in [5, 5.41) is 3.01. The minimum absolute atomic E-state index is 0.0338. The molecule has 2 aliphatic rings. The van der Waals surface area contributed by atoms with Crippen LogP contribution in [-0.2, 0) is 19.1 Å². The smallest absolute Gasteiger partial charge is 0.338 e. The Morgan fingerprint density at radius 3 is 2.14 bits per heavy atom. The second-order valence-corrected chi connectivity index (χ2v) is 9.43. The summed E-state index contributed by atoms with van der Waals surface area (Å²) in [6.07, 6.45) is 5.68. The molecule has 8 heteroatoms. The van der Waals surface area contributed by atoms with Gasteiger partial charge < -0.3 is 19.5 Å². The van der Waals surface area contributed by atoms with Crippen molar-refractivity contribution >= 4 is 17.8 Å². The van der Waals surface area contributed by atoms with Crippen LogP contribution in [-0.4, -0.2) is 67.7 Å². The van der Waals surface area contributed by atoms with Crippen LogP contribution in [0.25, 0.3) is 11.1 Å². The zero-order valence-electron chi connectivity index (χ0n) is 20.8. The molecule has 4 rings (SSSR count). The average Bonchev–Trinajstić information content (AvgIpc) is 2.92. The molecule has 8 nitrogen and oxygen atoms in total. The third-order valence-corrected chi connectivity index (χ3v) is 6.98. The fourth-order valence-electron chi connectivity index (χ4n) is 5.06. The van der Waals surface area contributed by atoms with Crippen LogP contribution in [0.1, 0.15) is 49.4 Å². The first kappa shape index (κ1) is 25.9. The number of hydrogen-bond donors (Lipinski definition) is 1. The molecule has 0 aromatic heterocycles. The molecule has 36 heavy (non-hydrogen) atoms. The van der Waals surface area contributed by atoms with Gasteiger partial charge in [-0.05, 0) is 48.2 Å². The number of ether oxygens (including phenoxy) is 3. The van der Waals surface area contributed by atoms with E-state index in [4.69, 9.17) is 14.2 Å². The van der Waals surface area contributed by atoms with Crippen LogP contribution >= 0.6 is 0 Å². The lowest BCUT2D eigenvalue weighted by Gasteiger charge is -2.48. The fraction of sp³-hybridized carbons (Fsp3) is 0.464. The maximum atomic E-state index is 12.5. The fourth-order valence-corrected chi connectivity index (χ4v) is 5.06. The van der Waals surface area contributed by atoms with Gasteiger partial charge in [0.2, 0.25) is 0 Å². The molecule has 0 atom stereocenters. The highest BCUT2D eigenvalue weighted by atomic mass is 16.5. The van der Waals surface area contributed by atoms with Gasteiger partial charge in [0.1, 0.15) is 5.75 Å². The van der Waals surface area contributed by atoms with Gasteiger partial charge in [-0.15, -0.1) is 0 Å². The molecular formula is C28H34N2O6. The maximum Gasteiger partial charge on any atom is 0.338 e. The molecular weight excluding hydrogens is 460 g/mol. The van der Waals surface area contributed by atoms with Crippen LogP contribution in [0.3, 0.4) is 0 Å². The molecule has 192 valence electrons. The summed E-state index contributed by atoms with van der Waals surface area (Å²) >= 11 is 0. The lowest BCUT2D eigenvalue weighted by molar-refractivity contribution is -0.132. The molecule has 1 saturated carbocycles. The monoisotopic (exact) mass is 494 g/mol. The van der Waals surface area contributed by atoms with Gasteiger partial charge in [0.05, 0.1) is 18.8 Å². The highest BCUT2D eigenvalue weighted by molar-refractivity contribution is 5.91. The lowest BCUT2D eigenvalue weighted by Crippen LogP contribution is -2.59. The number of morpholine rings is 1. The van der Waals surface area contributed by atoms with Gasteiger partial charge in [-0.3, -0.25) is 14.5 Å². The van der Waals surface area contributed by atoms with E-state index in [1.165, 1.54) is 13.3 Å². The molecule has 1 amide bonds. The molecule has 2 fully saturated rings. The van der Waals surface area contributed by atoms with E-state index in [2.05, 4.69) is 10.2 Å². The van der Waals surface area contributed by atoms with E-state index >= 15 is 0 Å². The van der Waals surface area contributed by atoms with Crippen molar-refractivity contribution < 1.29 is 28.6 Å². The van der Waals surface area contributed by atoms with E-state index in [9.17, 15) is 14.4 Å². The number of rotatable bonds is 8. The third kappa shape index (κ3) is 6.71. The van der Waals surface area contributed by atoms with Crippen molar-refractivity contribution in [3.8, 4) is 16.9 Å². The molecule has 1 saturated heterocycles. The summed E-state index contributed by atoms with van der Waals surface area (Å²) in [5.74, 6) is -0.720. The molecule has 1 heterocycles. The highest BCUT2D eigenvalue weighted by Gasteiger charge is 2.38. The first-order chi connectivity index (χ1) is 17.4. The Hall–Kier alpha value is -3.23. The van der Waals surface area contributed by atoms with Crippen LogP contribution in [0.15, 0.2) is 48.5 Å². The van der Waals surface area contributed by atoms with Crippen LogP contribution in [0.2, 0.25) is 0 Å². The number of esters is 2. The lowest BCUT2D eigenvalue weighted by atomic mass is 9.79. The van der Waals surface area contributed by atoms with E-state index in [0.717, 1.165) is 63.1 Å².